The molecule has 4 heteroatoms. The van der Waals surface area contributed by atoms with E-state index >= 15 is 0 Å². The Labute approximate surface area is 63.1 Å². The van der Waals surface area contributed by atoms with E-state index in [1.807, 2.05) is 5.48 Å². The summed E-state index contributed by atoms with van der Waals surface area (Å²) < 4.78 is 12.4. The minimum Gasteiger partial charge on any atom is -0.508 e. The number of halogens is 1. The van der Waals surface area contributed by atoms with Crippen LogP contribution in [0.2, 0.25) is 0 Å². The third-order valence-corrected chi connectivity index (χ3v) is 1.31. The van der Waals surface area contributed by atoms with E-state index in [4.69, 9.17) is 10.3 Å². The number of hydrogen-bond donors (Lipinski definition) is 3. The summed E-state index contributed by atoms with van der Waals surface area (Å²) in [6.07, 6.45) is 0. The van der Waals surface area contributed by atoms with Crippen LogP contribution in [0, 0.1) is 5.82 Å². The summed E-state index contributed by atoms with van der Waals surface area (Å²) in [6.45, 7) is 0.0313. The molecule has 0 saturated carbocycles. The molecule has 0 spiro atoms. The number of nitrogens with one attached hydrogen (secondary N) is 1. The van der Waals surface area contributed by atoms with Crippen LogP contribution in [0.4, 0.5) is 4.39 Å². The van der Waals surface area contributed by atoms with Crippen molar-refractivity contribution in [2.75, 3.05) is 0 Å². The molecule has 0 fully saturated rings. The zero-order valence-electron chi connectivity index (χ0n) is 5.71. The summed E-state index contributed by atoms with van der Waals surface area (Å²) in [5, 5.41) is 17.3. The van der Waals surface area contributed by atoms with Crippen LogP contribution in [-0.2, 0) is 6.54 Å². The van der Waals surface area contributed by atoms with Crippen molar-refractivity contribution in [3.63, 3.8) is 0 Å². The van der Waals surface area contributed by atoms with Gasteiger partial charge in [-0.05, 0) is 18.2 Å². The van der Waals surface area contributed by atoms with E-state index in [9.17, 15) is 4.39 Å². The first-order valence-electron chi connectivity index (χ1n) is 3.08. The van der Waals surface area contributed by atoms with Crippen LogP contribution in [0.25, 0.3) is 0 Å². The molecule has 1 rings (SSSR count). The number of phenols is 1. The zero-order valence-corrected chi connectivity index (χ0v) is 5.71. The minimum absolute atomic E-state index is 0.0313. The van der Waals surface area contributed by atoms with Crippen LogP contribution in [0.3, 0.4) is 0 Å². The van der Waals surface area contributed by atoms with E-state index in [1.54, 1.807) is 0 Å². The van der Waals surface area contributed by atoms with Crippen LogP contribution in [0.5, 0.6) is 5.75 Å². The third kappa shape index (κ3) is 1.89. The third-order valence-electron chi connectivity index (χ3n) is 1.31. The minimum atomic E-state index is -0.437. The lowest BCUT2D eigenvalue weighted by Gasteiger charge is -2.01. The van der Waals surface area contributed by atoms with E-state index in [2.05, 4.69) is 0 Å². The Kier molecular flexibility index (Phi) is 2.40. The van der Waals surface area contributed by atoms with Crippen molar-refractivity contribution in [2.45, 2.75) is 6.54 Å². The molecule has 0 atom stereocenters. The first-order valence-corrected chi connectivity index (χ1v) is 3.08. The predicted octanol–water partition coefficient (Wildman–Crippen LogP) is 1.01. The highest BCUT2D eigenvalue weighted by atomic mass is 19.1. The van der Waals surface area contributed by atoms with Gasteiger partial charge in [-0.3, -0.25) is 0 Å². The number of benzene rings is 1. The van der Waals surface area contributed by atoms with Crippen LogP contribution in [0.1, 0.15) is 5.56 Å². The molecule has 0 radical (unpaired) electrons. The quantitative estimate of drug-likeness (QED) is 0.561. The monoisotopic (exact) mass is 157 g/mol. The van der Waals surface area contributed by atoms with Gasteiger partial charge in [-0.25, -0.2) is 9.87 Å². The Morgan fingerprint density at radius 2 is 2.18 bits per heavy atom. The maximum absolute atomic E-state index is 12.4. The first kappa shape index (κ1) is 7.97. The molecule has 1 aromatic rings. The van der Waals surface area contributed by atoms with Crippen molar-refractivity contribution >= 4 is 0 Å². The van der Waals surface area contributed by atoms with Crippen molar-refractivity contribution in [3.05, 3.63) is 29.6 Å². The van der Waals surface area contributed by atoms with Crippen molar-refractivity contribution in [2.24, 2.45) is 0 Å². The Bertz CT molecular complexity index is 252. The standard InChI is InChI=1S/C7H8FNO2/c8-6-1-2-7(10)5(3-6)4-9-11/h1-3,9-11H,4H2. The van der Waals surface area contributed by atoms with Crippen LogP contribution in [0.15, 0.2) is 18.2 Å². The normalized spacial score (nSPS) is 10.0. The molecular weight excluding hydrogens is 149 g/mol. The fourth-order valence-corrected chi connectivity index (χ4v) is 0.781. The van der Waals surface area contributed by atoms with E-state index in [-0.39, 0.29) is 12.3 Å². The lowest BCUT2D eigenvalue weighted by molar-refractivity contribution is 0.160. The van der Waals surface area contributed by atoms with Gasteiger partial charge in [-0.1, -0.05) is 0 Å². The molecule has 11 heavy (non-hydrogen) atoms. The number of hydrogen-bond acceptors (Lipinski definition) is 3. The van der Waals surface area contributed by atoms with Gasteiger partial charge in [0.15, 0.2) is 0 Å². The summed E-state index contributed by atoms with van der Waals surface area (Å²) in [5.74, 6) is -0.471. The van der Waals surface area contributed by atoms with Gasteiger partial charge in [0.05, 0.1) is 0 Å². The van der Waals surface area contributed by atoms with Gasteiger partial charge in [0.1, 0.15) is 11.6 Å². The Morgan fingerprint density at radius 1 is 1.45 bits per heavy atom. The van der Waals surface area contributed by atoms with Crippen molar-refractivity contribution in [1.82, 2.24) is 5.48 Å². The second-order valence-corrected chi connectivity index (χ2v) is 2.11. The van der Waals surface area contributed by atoms with Gasteiger partial charge in [-0.2, -0.15) is 0 Å². The number of rotatable bonds is 2. The van der Waals surface area contributed by atoms with Gasteiger partial charge in [-0.15, -0.1) is 0 Å². The van der Waals surface area contributed by atoms with Gasteiger partial charge in [0.2, 0.25) is 0 Å². The summed E-state index contributed by atoms with van der Waals surface area (Å²) in [7, 11) is 0. The first-order chi connectivity index (χ1) is 5.24. The summed E-state index contributed by atoms with van der Waals surface area (Å²) in [5.41, 5.74) is 2.15. The van der Waals surface area contributed by atoms with Crippen molar-refractivity contribution in [3.8, 4) is 5.75 Å². The number of aromatic hydroxyl groups is 1. The fraction of sp³-hybridized carbons (Fsp3) is 0.143. The number of phenolic OH excluding ortho intramolecular Hbond substituents is 1. The van der Waals surface area contributed by atoms with Gasteiger partial charge in [0.25, 0.3) is 0 Å². The topological polar surface area (TPSA) is 52.5 Å². The van der Waals surface area contributed by atoms with Crippen molar-refractivity contribution in [1.29, 1.82) is 0 Å². The molecule has 0 aliphatic heterocycles. The Hall–Kier alpha value is -1.13. The molecule has 1 aromatic carbocycles. The average molecular weight is 157 g/mol. The largest absolute Gasteiger partial charge is 0.508 e. The Morgan fingerprint density at radius 3 is 2.82 bits per heavy atom. The zero-order chi connectivity index (χ0) is 8.27. The fourth-order valence-electron chi connectivity index (χ4n) is 0.781. The van der Waals surface area contributed by atoms with Gasteiger partial charge >= 0.3 is 0 Å². The second-order valence-electron chi connectivity index (χ2n) is 2.11. The molecule has 0 heterocycles. The summed E-state index contributed by atoms with van der Waals surface area (Å²) in [4.78, 5) is 0. The maximum atomic E-state index is 12.4. The maximum Gasteiger partial charge on any atom is 0.123 e. The molecule has 0 amide bonds. The van der Waals surface area contributed by atoms with Crippen molar-refractivity contribution < 1.29 is 14.7 Å². The highest BCUT2D eigenvalue weighted by Gasteiger charge is 2.00. The van der Waals surface area contributed by atoms with E-state index in [0.29, 0.717) is 5.56 Å². The molecule has 3 nitrogen and oxygen atoms in total. The molecular formula is C7H8FNO2. The van der Waals surface area contributed by atoms with Crippen LogP contribution < -0.4 is 5.48 Å². The second kappa shape index (κ2) is 3.32. The van der Waals surface area contributed by atoms with E-state index in [1.165, 1.54) is 6.07 Å². The van der Waals surface area contributed by atoms with Crippen LogP contribution in [-0.4, -0.2) is 10.3 Å². The summed E-state index contributed by atoms with van der Waals surface area (Å²) >= 11 is 0. The molecule has 0 aliphatic rings. The average Bonchev–Trinajstić information content (AvgIpc) is 1.98. The molecule has 0 bridgehead atoms. The van der Waals surface area contributed by atoms with E-state index < -0.39 is 5.82 Å². The van der Waals surface area contributed by atoms with Gasteiger partial charge < -0.3 is 10.3 Å². The molecule has 3 N–H and O–H groups in total. The Balaban J connectivity index is 2.93. The highest BCUT2D eigenvalue weighted by Crippen LogP contribution is 2.16. The highest BCUT2D eigenvalue weighted by molar-refractivity contribution is 5.32. The summed E-state index contributed by atoms with van der Waals surface area (Å²) in [6, 6.07) is 3.54. The molecule has 60 valence electrons. The molecule has 0 aromatic heterocycles. The molecule has 0 aliphatic carbocycles. The SMILES string of the molecule is ONCc1cc(F)ccc1O. The van der Waals surface area contributed by atoms with Crippen LogP contribution >= 0.6 is 0 Å². The molecule has 0 unspecified atom stereocenters. The smallest absolute Gasteiger partial charge is 0.123 e. The molecule has 0 saturated heterocycles. The predicted molar refractivity (Wildman–Crippen MR) is 36.7 cm³/mol. The lowest BCUT2D eigenvalue weighted by atomic mass is 10.2. The lowest BCUT2D eigenvalue weighted by Crippen LogP contribution is -2.06. The van der Waals surface area contributed by atoms with Gasteiger partial charge in [0, 0.05) is 12.1 Å². The number of hydroxylamine groups is 1. The van der Waals surface area contributed by atoms with E-state index in [0.717, 1.165) is 12.1 Å².